The highest BCUT2D eigenvalue weighted by Crippen LogP contribution is 2.31. The largest absolute Gasteiger partial charge is 0.256 e. The number of nitrogens with zero attached hydrogens (tertiary/aromatic N) is 4. The molecule has 0 saturated heterocycles. The van der Waals surface area contributed by atoms with Crippen LogP contribution in [0.15, 0.2) is 103 Å². The normalized spacial score (nSPS) is 12.4. The number of rotatable bonds is 4. The summed E-state index contributed by atoms with van der Waals surface area (Å²) >= 11 is 0. The van der Waals surface area contributed by atoms with Gasteiger partial charge in [-0.2, -0.15) is 0 Å². The van der Waals surface area contributed by atoms with Gasteiger partial charge < -0.3 is 0 Å². The molecule has 0 radical (unpaired) electrons. The maximum atomic E-state index is 4.82. The Bertz CT molecular complexity index is 1420. The molecule has 4 heteroatoms. The van der Waals surface area contributed by atoms with E-state index in [2.05, 4.69) is 47.5 Å². The third-order valence-corrected chi connectivity index (χ3v) is 6.06. The minimum absolute atomic E-state index is 0.655. The van der Waals surface area contributed by atoms with Crippen molar-refractivity contribution in [2.24, 2.45) is 0 Å². The van der Waals surface area contributed by atoms with E-state index in [1.165, 1.54) is 11.1 Å². The third kappa shape index (κ3) is 3.90. The molecule has 4 nitrogen and oxygen atoms in total. The molecular weight excluding hydrogens is 416 g/mol. The molecule has 0 saturated carbocycles. The molecule has 1 aliphatic rings. The summed E-state index contributed by atoms with van der Waals surface area (Å²) in [5.41, 5.74) is 7.56. The Hall–Kier alpha value is -4.44. The quantitative estimate of drug-likeness (QED) is 0.306. The first-order valence-corrected chi connectivity index (χ1v) is 11.5. The number of aryl methyl sites for hydroxylation is 1. The van der Waals surface area contributed by atoms with Crippen LogP contribution in [0.4, 0.5) is 0 Å². The van der Waals surface area contributed by atoms with Gasteiger partial charge in [-0.05, 0) is 24.5 Å². The van der Waals surface area contributed by atoms with Gasteiger partial charge in [0.15, 0.2) is 17.5 Å². The fourth-order valence-electron chi connectivity index (χ4n) is 4.30. The molecule has 0 N–H and O–H groups in total. The topological polar surface area (TPSA) is 51.6 Å². The molecule has 162 valence electrons. The Morgan fingerprint density at radius 2 is 1.06 bits per heavy atom. The summed E-state index contributed by atoms with van der Waals surface area (Å²) in [7, 11) is 0. The van der Waals surface area contributed by atoms with Crippen LogP contribution in [-0.4, -0.2) is 19.9 Å². The van der Waals surface area contributed by atoms with Crippen LogP contribution in [0.25, 0.3) is 51.5 Å². The van der Waals surface area contributed by atoms with Gasteiger partial charge in [-0.25, -0.2) is 15.0 Å². The standard InChI is InChI=1S/C30H22N4/c1-3-10-23(11-4-1)28-32-29(24-12-5-2-6-13-24)34-30(33-28)25-17-15-22(16-18-25)27-26-14-8-7-9-21(26)19-20-31-27/h1-6,8,10-20H,7,9H2. The third-order valence-electron chi connectivity index (χ3n) is 6.06. The molecule has 0 atom stereocenters. The van der Waals surface area contributed by atoms with E-state index in [0.29, 0.717) is 17.5 Å². The zero-order valence-corrected chi connectivity index (χ0v) is 18.6. The maximum Gasteiger partial charge on any atom is 0.164 e. The van der Waals surface area contributed by atoms with Crippen LogP contribution in [0, 0.1) is 0 Å². The Morgan fingerprint density at radius 3 is 1.65 bits per heavy atom. The second-order valence-corrected chi connectivity index (χ2v) is 8.29. The first-order valence-electron chi connectivity index (χ1n) is 11.5. The van der Waals surface area contributed by atoms with Gasteiger partial charge >= 0.3 is 0 Å². The van der Waals surface area contributed by atoms with Crippen LogP contribution >= 0.6 is 0 Å². The number of pyridine rings is 1. The van der Waals surface area contributed by atoms with Crippen molar-refractivity contribution >= 4 is 6.08 Å². The summed E-state index contributed by atoms with van der Waals surface area (Å²) < 4.78 is 0. The molecule has 0 spiro atoms. The zero-order valence-electron chi connectivity index (χ0n) is 18.6. The van der Waals surface area contributed by atoms with Crippen molar-refractivity contribution in [1.82, 2.24) is 19.9 Å². The lowest BCUT2D eigenvalue weighted by Gasteiger charge is -2.14. The number of allylic oxidation sites excluding steroid dienone is 1. The highest BCUT2D eigenvalue weighted by molar-refractivity contribution is 5.76. The predicted octanol–water partition coefficient (Wildman–Crippen LogP) is 6.89. The Labute approximate surface area is 198 Å². The van der Waals surface area contributed by atoms with E-state index in [9.17, 15) is 0 Å². The van der Waals surface area contributed by atoms with E-state index in [1.807, 2.05) is 66.9 Å². The molecule has 0 amide bonds. The van der Waals surface area contributed by atoms with Crippen molar-refractivity contribution in [2.75, 3.05) is 0 Å². The van der Waals surface area contributed by atoms with E-state index in [-0.39, 0.29) is 0 Å². The second-order valence-electron chi connectivity index (χ2n) is 8.29. The molecule has 0 aliphatic heterocycles. The number of hydrogen-bond donors (Lipinski definition) is 0. The van der Waals surface area contributed by atoms with Gasteiger partial charge in [0, 0.05) is 34.0 Å². The average molecular weight is 439 g/mol. The Morgan fingerprint density at radius 1 is 0.529 bits per heavy atom. The maximum absolute atomic E-state index is 4.82. The van der Waals surface area contributed by atoms with Gasteiger partial charge in [0.1, 0.15) is 0 Å². The van der Waals surface area contributed by atoms with Crippen molar-refractivity contribution < 1.29 is 0 Å². The van der Waals surface area contributed by atoms with Crippen molar-refractivity contribution in [1.29, 1.82) is 0 Å². The molecular formula is C30H22N4. The fraction of sp³-hybridized carbons (Fsp3) is 0.0667. The van der Waals surface area contributed by atoms with Crippen LogP contribution in [0.5, 0.6) is 0 Å². The minimum Gasteiger partial charge on any atom is -0.256 e. The minimum atomic E-state index is 0.655. The number of fused-ring (bicyclic) bond motifs is 1. The smallest absolute Gasteiger partial charge is 0.164 e. The van der Waals surface area contributed by atoms with Crippen LogP contribution < -0.4 is 0 Å². The summed E-state index contributed by atoms with van der Waals surface area (Å²) in [5.74, 6) is 1.98. The monoisotopic (exact) mass is 438 g/mol. The highest BCUT2D eigenvalue weighted by Gasteiger charge is 2.14. The van der Waals surface area contributed by atoms with E-state index >= 15 is 0 Å². The lowest BCUT2D eigenvalue weighted by Crippen LogP contribution is -2.00. The lowest BCUT2D eigenvalue weighted by molar-refractivity contribution is 0.978. The molecule has 0 bridgehead atoms. The van der Waals surface area contributed by atoms with E-state index in [4.69, 9.17) is 15.0 Å². The van der Waals surface area contributed by atoms with Crippen LogP contribution in [0.2, 0.25) is 0 Å². The van der Waals surface area contributed by atoms with E-state index < -0.39 is 0 Å². The lowest BCUT2D eigenvalue weighted by atomic mass is 9.94. The van der Waals surface area contributed by atoms with Crippen LogP contribution in [-0.2, 0) is 6.42 Å². The molecule has 0 unspecified atom stereocenters. The number of hydrogen-bond acceptors (Lipinski definition) is 4. The van der Waals surface area contributed by atoms with Gasteiger partial charge in [0.25, 0.3) is 0 Å². The molecule has 5 aromatic rings. The molecule has 2 aromatic heterocycles. The summed E-state index contributed by atoms with van der Waals surface area (Å²) in [5, 5.41) is 0. The number of benzene rings is 3. The SMILES string of the molecule is C1=Cc2c(ccnc2-c2ccc(-c3nc(-c4ccccc4)nc(-c4ccccc4)n3)cc2)CC1. The molecule has 1 aliphatic carbocycles. The van der Waals surface area contributed by atoms with Gasteiger partial charge in [-0.15, -0.1) is 0 Å². The highest BCUT2D eigenvalue weighted by atomic mass is 15.0. The van der Waals surface area contributed by atoms with Crippen molar-refractivity contribution in [3.05, 3.63) is 114 Å². The Balaban J connectivity index is 1.43. The van der Waals surface area contributed by atoms with E-state index in [0.717, 1.165) is 40.8 Å². The number of aromatic nitrogens is 4. The molecule has 6 rings (SSSR count). The Kier molecular flexibility index (Phi) is 5.24. The van der Waals surface area contributed by atoms with Gasteiger partial charge in [-0.1, -0.05) is 97.1 Å². The van der Waals surface area contributed by atoms with Crippen molar-refractivity contribution in [3.63, 3.8) is 0 Å². The first-order chi connectivity index (χ1) is 16.8. The summed E-state index contributed by atoms with van der Waals surface area (Å²) in [6, 6.07) is 30.5. The molecule has 34 heavy (non-hydrogen) atoms. The summed E-state index contributed by atoms with van der Waals surface area (Å²) in [4.78, 5) is 19.1. The van der Waals surface area contributed by atoms with Gasteiger partial charge in [-0.3, -0.25) is 4.98 Å². The van der Waals surface area contributed by atoms with Crippen molar-refractivity contribution in [3.8, 4) is 45.4 Å². The molecule has 2 heterocycles. The zero-order chi connectivity index (χ0) is 22.7. The predicted molar refractivity (Wildman–Crippen MR) is 137 cm³/mol. The van der Waals surface area contributed by atoms with Crippen LogP contribution in [0.1, 0.15) is 17.5 Å². The summed E-state index contributed by atoms with van der Waals surface area (Å²) in [6.07, 6.45) is 8.48. The van der Waals surface area contributed by atoms with Gasteiger partial charge in [0.2, 0.25) is 0 Å². The first kappa shape index (κ1) is 20.2. The molecule has 3 aromatic carbocycles. The van der Waals surface area contributed by atoms with E-state index in [1.54, 1.807) is 0 Å². The van der Waals surface area contributed by atoms with Crippen LogP contribution in [0.3, 0.4) is 0 Å². The van der Waals surface area contributed by atoms with Crippen molar-refractivity contribution in [2.45, 2.75) is 12.8 Å². The molecule has 0 fully saturated rings. The van der Waals surface area contributed by atoms with Gasteiger partial charge in [0.05, 0.1) is 5.69 Å². The average Bonchev–Trinajstić information content (AvgIpc) is 2.93. The summed E-state index contributed by atoms with van der Waals surface area (Å²) in [6.45, 7) is 0. The second kappa shape index (κ2) is 8.83. The fourth-order valence-corrected chi connectivity index (χ4v) is 4.30.